The highest BCUT2D eigenvalue weighted by atomic mass is 32.1. The van der Waals surface area contributed by atoms with Crippen LogP contribution in [0.1, 0.15) is 11.1 Å². The SMILES string of the molecule is Cc1ccc(CC2=CC=C[NH+]([O-])C2=S=O)cc1. The molecule has 1 heterocycles. The van der Waals surface area contributed by atoms with Gasteiger partial charge in [0, 0.05) is 12.0 Å². The molecule has 1 atom stereocenters. The second-order valence-corrected chi connectivity index (χ2v) is 4.57. The fraction of sp³-hybridized carbons (Fsp3) is 0.154. The van der Waals surface area contributed by atoms with E-state index in [2.05, 4.69) is 0 Å². The zero-order valence-electron chi connectivity index (χ0n) is 9.47. The molecule has 0 radical (unpaired) electrons. The van der Waals surface area contributed by atoms with Crippen molar-refractivity contribution in [1.82, 2.24) is 0 Å². The van der Waals surface area contributed by atoms with Crippen molar-refractivity contribution in [2.24, 2.45) is 0 Å². The van der Waals surface area contributed by atoms with Gasteiger partial charge >= 0.3 is 0 Å². The molecule has 0 aliphatic carbocycles. The average Bonchev–Trinajstić information content (AvgIpc) is 2.32. The smallest absolute Gasteiger partial charge is 0.233 e. The first-order valence-electron chi connectivity index (χ1n) is 5.35. The van der Waals surface area contributed by atoms with Gasteiger partial charge in [-0.05, 0) is 24.6 Å². The van der Waals surface area contributed by atoms with Crippen LogP contribution in [0.4, 0.5) is 0 Å². The maximum atomic E-state index is 11.5. The number of allylic oxidation sites excluding steroid dienone is 2. The van der Waals surface area contributed by atoms with Gasteiger partial charge in [0.2, 0.25) is 4.99 Å². The van der Waals surface area contributed by atoms with E-state index < -0.39 is 0 Å². The molecule has 4 heteroatoms. The topological polar surface area (TPSA) is 44.6 Å². The van der Waals surface area contributed by atoms with E-state index >= 15 is 0 Å². The summed E-state index contributed by atoms with van der Waals surface area (Å²) in [4.78, 5) is 0.313. The summed E-state index contributed by atoms with van der Waals surface area (Å²) in [5.41, 5.74) is 3.11. The molecule has 0 saturated heterocycles. The number of hydrogen-bond acceptors (Lipinski definition) is 2. The molecule has 0 amide bonds. The van der Waals surface area contributed by atoms with Crippen LogP contribution in [0.25, 0.3) is 0 Å². The summed E-state index contributed by atoms with van der Waals surface area (Å²) in [6, 6.07) is 8.10. The maximum absolute atomic E-state index is 11.5. The largest absolute Gasteiger partial charge is 0.623 e. The second kappa shape index (κ2) is 5.23. The van der Waals surface area contributed by atoms with Crippen molar-refractivity contribution in [1.29, 1.82) is 0 Å². The summed E-state index contributed by atoms with van der Waals surface area (Å²) >= 11 is 0.282. The first kappa shape index (κ1) is 12.0. The first-order valence-corrected chi connectivity index (χ1v) is 6.09. The van der Waals surface area contributed by atoms with E-state index in [-0.39, 0.29) is 16.3 Å². The van der Waals surface area contributed by atoms with Crippen molar-refractivity contribution in [3.05, 3.63) is 64.5 Å². The lowest BCUT2D eigenvalue weighted by Gasteiger charge is -2.21. The third-order valence-electron chi connectivity index (χ3n) is 2.66. The lowest BCUT2D eigenvalue weighted by molar-refractivity contribution is -0.680. The highest BCUT2D eigenvalue weighted by molar-refractivity contribution is 7.66. The third-order valence-corrected chi connectivity index (χ3v) is 3.29. The van der Waals surface area contributed by atoms with Crippen LogP contribution in [-0.2, 0) is 17.7 Å². The van der Waals surface area contributed by atoms with Crippen LogP contribution in [0.3, 0.4) is 0 Å². The molecule has 1 unspecified atom stereocenters. The number of quaternary nitrogens is 1. The van der Waals surface area contributed by atoms with E-state index in [0.717, 1.165) is 11.1 Å². The summed E-state index contributed by atoms with van der Waals surface area (Å²) in [6.45, 7) is 2.03. The molecule has 17 heavy (non-hydrogen) atoms. The van der Waals surface area contributed by atoms with E-state index in [1.165, 1.54) is 11.8 Å². The van der Waals surface area contributed by atoms with Crippen molar-refractivity contribution < 1.29 is 9.27 Å². The summed E-state index contributed by atoms with van der Waals surface area (Å²) in [6.07, 6.45) is 5.59. The molecule has 1 N–H and O–H groups in total. The van der Waals surface area contributed by atoms with Crippen molar-refractivity contribution in [3.63, 3.8) is 0 Å². The van der Waals surface area contributed by atoms with Crippen molar-refractivity contribution in [3.8, 4) is 0 Å². The third kappa shape index (κ3) is 2.79. The molecule has 0 fully saturated rings. The number of hydrogen-bond donors (Lipinski definition) is 1. The van der Waals surface area contributed by atoms with Crippen LogP contribution >= 0.6 is 0 Å². The Bertz CT molecular complexity index is 525. The minimum absolute atomic E-state index is 0.186. The summed E-state index contributed by atoms with van der Waals surface area (Å²) < 4.78 is 10.9. The Morgan fingerprint density at radius 3 is 2.65 bits per heavy atom. The summed E-state index contributed by atoms with van der Waals surface area (Å²) in [5.74, 6) is 0. The normalized spacial score (nSPS) is 19.1. The monoisotopic (exact) mass is 247 g/mol. The van der Waals surface area contributed by atoms with E-state index in [1.807, 2.05) is 37.3 Å². The summed E-state index contributed by atoms with van der Waals surface area (Å²) in [7, 11) is 0. The van der Waals surface area contributed by atoms with Gasteiger partial charge in [0.15, 0.2) is 11.3 Å². The van der Waals surface area contributed by atoms with Crippen LogP contribution in [0, 0.1) is 12.1 Å². The second-order valence-electron chi connectivity index (χ2n) is 3.99. The first-order chi connectivity index (χ1) is 8.20. The van der Waals surface area contributed by atoms with Crippen LogP contribution in [-0.4, -0.2) is 9.20 Å². The average molecular weight is 247 g/mol. The Morgan fingerprint density at radius 1 is 1.29 bits per heavy atom. The summed E-state index contributed by atoms with van der Waals surface area (Å²) in [5, 5.41) is 11.3. The van der Waals surface area contributed by atoms with Crippen molar-refractivity contribution in [2.75, 3.05) is 0 Å². The molecule has 1 aliphatic rings. The van der Waals surface area contributed by atoms with Crippen molar-refractivity contribution >= 4 is 16.2 Å². The molecule has 0 spiro atoms. The lowest BCUT2D eigenvalue weighted by atomic mass is 10.0. The van der Waals surface area contributed by atoms with E-state index in [4.69, 9.17) is 0 Å². The van der Waals surface area contributed by atoms with Gasteiger partial charge in [-0.2, -0.15) is 0 Å². The predicted octanol–water partition coefficient (Wildman–Crippen LogP) is 0.717. The number of hydroxylamine groups is 2. The van der Waals surface area contributed by atoms with Gasteiger partial charge in [-0.25, -0.2) is 4.21 Å². The Kier molecular flexibility index (Phi) is 3.68. The highest BCUT2D eigenvalue weighted by Gasteiger charge is 2.16. The minimum atomic E-state index is -0.186. The van der Waals surface area contributed by atoms with E-state index in [0.29, 0.717) is 11.4 Å². The zero-order chi connectivity index (χ0) is 12.3. The Hall–Kier alpha value is -1.49. The van der Waals surface area contributed by atoms with Gasteiger partial charge in [0.25, 0.3) is 0 Å². The number of nitrogens with one attached hydrogen (secondary N) is 1. The van der Waals surface area contributed by atoms with Gasteiger partial charge in [0.1, 0.15) is 6.20 Å². The van der Waals surface area contributed by atoms with E-state index in [1.54, 1.807) is 6.08 Å². The molecule has 0 bridgehead atoms. The van der Waals surface area contributed by atoms with Crippen LogP contribution in [0.5, 0.6) is 0 Å². The molecule has 2 rings (SSSR count). The maximum Gasteiger partial charge on any atom is 0.233 e. The number of benzene rings is 1. The molecular weight excluding hydrogens is 234 g/mol. The number of rotatable bonds is 2. The fourth-order valence-corrected chi connectivity index (χ4v) is 2.12. The molecule has 88 valence electrons. The van der Waals surface area contributed by atoms with Crippen LogP contribution < -0.4 is 5.06 Å². The molecule has 1 aromatic rings. The molecule has 0 saturated carbocycles. The Labute approximate surface area is 104 Å². The molecular formula is C13H13NO2S. The van der Waals surface area contributed by atoms with Gasteiger partial charge in [0.05, 0.1) is 0 Å². The quantitative estimate of drug-likeness (QED) is 0.618. The minimum Gasteiger partial charge on any atom is -0.623 e. The van der Waals surface area contributed by atoms with Gasteiger partial charge in [-0.15, -0.1) is 0 Å². The van der Waals surface area contributed by atoms with Crippen LogP contribution in [0.15, 0.2) is 48.2 Å². The molecule has 1 aliphatic heterocycles. The highest BCUT2D eigenvalue weighted by Crippen LogP contribution is 2.10. The molecule has 3 nitrogen and oxygen atoms in total. The Morgan fingerprint density at radius 2 is 2.00 bits per heavy atom. The van der Waals surface area contributed by atoms with Gasteiger partial charge in [-0.3, -0.25) is 0 Å². The lowest BCUT2D eigenvalue weighted by Crippen LogP contribution is -3.06. The predicted molar refractivity (Wildman–Crippen MR) is 69.6 cm³/mol. The van der Waals surface area contributed by atoms with E-state index in [9.17, 15) is 9.42 Å². The number of aryl methyl sites for hydroxylation is 1. The standard InChI is InChI=1S/C13H13NO2S/c1-10-4-6-11(7-5-10)9-12-3-2-8-14(15)13(12)17-16/h2-8,14H,9H2,1H3. The van der Waals surface area contributed by atoms with Crippen LogP contribution in [0.2, 0.25) is 0 Å². The fourth-order valence-electron chi connectivity index (χ4n) is 1.72. The molecule has 0 aromatic heterocycles. The molecule has 1 aromatic carbocycles. The van der Waals surface area contributed by atoms with Gasteiger partial charge in [-0.1, -0.05) is 29.8 Å². The van der Waals surface area contributed by atoms with Crippen molar-refractivity contribution in [2.45, 2.75) is 13.3 Å². The van der Waals surface area contributed by atoms with Gasteiger partial charge < -0.3 is 10.3 Å². The Balaban J connectivity index is 2.24. The zero-order valence-corrected chi connectivity index (χ0v) is 10.3.